The smallest absolute Gasteiger partial charge is 0.333 e. The predicted octanol–water partition coefficient (Wildman–Crippen LogP) is 1.73. The van der Waals surface area contributed by atoms with Gasteiger partial charge in [0.2, 0.25) is 0 Å². The van der Waals surface area contributed by atoms with Crippen LogP contribution in [0.3, 0.4) is 0 Å². The van der Waals surface area contributed by atoms with Crippen LogP contribution in [0, 0.1) is 5.92 Å². The first-order valence-corrected chi connectivity index (χ1v) is 11.4. The zero-order valence-electron chi connectivity index (χ0n) is 20.6. The maximum Gasteiger partial charge on any atom is 0.333 e. The minimum atomic E-state index is -1.43. The maximum atomic E-state index is 13.2. The van der Waals surface area contributed by atoms with E-state index in [1.807, 2.05) is 6.07 Å². The van der Waals surface area contributed by atoms with Gasteiger partial charge in [-0.1, -0.05) is 36.9 Å². The standard InChI is InChI=1S/C26H28N2O9/c1-14(2)24(31)37-22-15(3)36-26(33)18(28-23(30)20-21(29)19(34-4)10-11-27-20)13-35-25(32)17(22)12-16-8-6-5-7-9-16/h5-11,15,17-18,22,29H,1,12-13H2,2-4H3,(H,28,30). The lowest BCUT2D eigenvalue weighted by molar-refractivity contribution is -0.172. The van der Waals surface area contributed by atoms with Crippen molar-refractivity contribution in [1.82, 2.24) is 10.3 Å². The minimum Gasteiger partial charge on any atom is -0.503 e. The summed E-state index contributed by atoms with van der Waals surface area (Å²) in [6, 6.07) is 8.91. The summed E-state index contributed by atoms with van der Waals surface area (Å²) in [5.74, 6) is -4.92. The van der Waals surface area contributed by atoms with Crippen molar-refractivity contribution in [3.8, 4) is 11.5 Å². The number of amides is 1. The van der Waals surface area contributed by atoms with Gasteiger partial charge in [-0.3, -0.25) is 9.59 Å². The van der Waals surface area contributed by atoms with Gasteiger partial charge in [-0.25, -0.2) is 14.6 Å². The third-order valence-corrected chi connectivity index (χ3v) is 5.66. The first-order chi connectivity index (χ1) is 17.6. The number of carbonyl (C=O) groups is 4. The topological polar surface area (TPSA) is 150 Å². The minimum absolute atomic E-state index is 0.00293. The molecule has 0 radical (unpaired) electrons. The second-order valence-electron chi connectivity index (χ2n) is 8.45. The van der Waals surface area contributed by atoms with E-state index < -0.39 is 66.0 Å². The van der Waals surface area contributed by atoms with Gasteiger partial charge in [0.05, 0.1) is 7.11 Å². The van der Waals surface area contributed by atoms with E-state index in [1.165, 1.54) is 33.2 Å². The molecular formula is C26H28N2O9. The van der Waals surface area contributed by atoms with Gasteiger partial charge in [0.25, 0.3) is 5.91 Å². The Hall–Kier alpha value is -4.41. The molecule has 196 valence electrons. The van der Waals surface area contributed by atoms with Crippen LogP contribution in [0.4, 0.5) is 0 Å². The number of methoxy groups -OCH3 is 1. The van der Waals surface area contributed by atoms with E-state index in [9.17, 15) is 24.3 Å². The Kier molecular flexibility index (Phi) is 8.83. The van der Waals surface area contributed by atoms with Gasteiger partial charge in [-0.05, 0) is 25.8 Å². The Morgan fingerprint density at radius 1 is 1.19 bits per heavy atom. The van der Waals surface area contributed by atoms with E-state index in [-0.39, 0.29) is 17.7 Å². The number of hydrogen-bond acceptors (Lipinski definition) is 10. The number of nitrogens with zero attached hydrogens (tertiary/aromatic N) is 1. The van der Waals surface area contributed by atoms with Crippen molar-refractivity contribution >= 4 is 23.8 Å². The second-order valence-corrected chi connectivity index (χ2v) is 8.45. The summed E-state index contributed by atoms with van der Waals surface area (Å²) in [7, 11) is 1.30. The lowest BCUT2D eigenvalue weighted by Gasteiger charge is -2.29. The molecule has 0 saturated carbocycles. The molecule has 0 spiro atoms. The third-order valence-electron chi connectivity index (χ3n) is 5.66. The molecule has 11 nitrogen and oxygen atoms in total. The summed E-state index contributed by atoms with van der Waals surface area (Å²) >= 11 is 0. The fourth-order valence-electron chi connectivity index (χ4n) is 3.70. The fraction of sp³-hybridized carbons (Fsp3) is 0.346. The summed E-state index contributed by atoms with van der Waals surface area (Å²) in [6.07, 6.45) is -0.905. The molecule has 0 aliphatic carbocycles. The highest BCUT2D eigenvalue weighted by atomic mass is 16.6. The van der Waals surface area contributed by atoms with Crippen molar-refractivity contribution in [2.45, 2.75) is 38.5 Å². The molecule has 1 aromatic carbocycles. The molecule has 37 heavy (non-hydrogen) atoms. The van der Waals surface area contributed by atoms with E-state index in [0.29, 0.717) is 0 Å². The Morgan fingerprint density at radius 2 is 1.89 bits per heavy atom. The van der Waals surface area contributed by atoms with Crippen molar-refractivity contribution in [1.29, 1.82) is 0 Å². The van der Waals surface area contributed by atoms with Crippen LogP contribution < -0.4 is 10.1 Å². The molecule has 3 rings (SSSR count). The lowest BCUT2D eigenvalue weighted by Crippen LogP contribution is -2.46. The predicted molar refractivity (Wildman–Crippen MR) is 129 cm³/mol. The van der Waals surface area contributed by atoms with Crippen LogP contribution in [0.15, 0.2) is 54.7 Å². The molecule has 2 heterocycles. The number of hydrogen-bond donors (Lipinski definition) is 2. The molecule has 1 aromatic heterocycles. The van der Waals surface area contributed by atoms with Crippen LogP contribution in [-0.2, 0) is 35.0 Å². The van der Waals surface area contributed by atoms with E-state index in [0.717, 1.165) is 5.56 Å². The van der Waals surface area contributed by atoms with Crippen LogP contribution in [-0.4, -0.2) is 65.9 Å². The zero-order chi connectivity index (χ0) is 27.1. The molecule has 2 N–H and O–H groups in total. The average Bonchev–Trinajstić information content (AvgIpc) is 2.91. The number of rotatable bonds is 7. The highest BCUT2D eigenvalue weighted by molar-refractivity contribution is 5.98. The van der Waals surface area contributed by atoms with E-state index in [1.54, 1.807) is 24.3 Å². The summed E-state index contributed by atoms with van der Waals surface area (Å²) < 4.78 is 21.4. The number of cyclic esters (lactones) is 2. The van der Waals surface area contributed by atoms with Gasteiger partial charge >= 0.3 is 17.9 Å². The molecule has 11 heteroatoms. The normalized spacial score (nSPS) is 21.8. The van der Waals surface area contributed by atoms with Gasteiger partial charge in [-0.2, -0.15) is 0 Å². The number of esters is 3. The highest BCUT2D eigenvalue weighted by Crippen LogP contribution is 2.28. The van der Waals surface area contributed by atoms with E-state index in [2.05, 4.69) is 16.9 Å². The Balaban J connectivity index is 1.88. The molecular weight excluding hydrogens is 484 g/mol. The Bertz CT molecular complexity index is 1180. The maximum absolute atomic E-state index is 13.2. The van der Waals surface area contributed by atoms with E-state index in [4.69, 9.17) is 18.9 Å². The van der Waals surface area contributed by atoms with Gasteiger partial charge in [0.1, 0.15) is 18.6 Å². The number of carbonyl (C=O) groups excluding carboxylic acids is 4. The molecule has 1 aliphatic rings. The van der Waals surface area contributed by atoms with Gasteiger partial charge in [0, 0.05) is 17.8 Å². The number of nitrogens with one attached hydrogen (secondary N) is 1. The van der Waals surface area contributed by atoms with Crippen LogP contribution in [0.25, 0.3) is 0 Å². The average molecular weight is 513 g/mol. The Labute approximate surface area is 213 Å². The monoisotopic (exact) mass is 512 g/mol. The van der Waals surface area contributed by atoms with Crippen molar-refractivity contribution in [3.63, 3.8) is 0 Å². The number of ether oxygens (including phenoxy) is 4. The first-order valence-electron chi connectivity index (χ1n) is 11.4. The third kappa shape index (κ3) is 6.63. The SMILES string of the molecule is C=C(C)C(=O)OC1C(C)OC(=O)C(NC(=O)c2nccc(OC)c2O)COC(=O)C1Cc1ccccc1. The van der Waals surface area contributed by atoms with Gasteiger partial charge in [0.15, 0.2) is 29.3 Å². The van der Waals surface area contributed by atoms with Crippen LogP contribution in [0.1, 0.15) is 29.9 Å². The molecule has 1 fully saturated rings. The molecule has 4 atom stereocenters. The van der Waals surface area contributed by atoms with Crippen molar-refractivity contribution < 1.29 is 43.2 Å². The molecule has 4 unspecified atom stereocenters. The molecule has 1 saturated heterocycles. The summed E-state index contributed by atoms with van der Waals surface area (Å²) in [5, 5.41) is 12.6. The van der Waals surface area contributed by atoms with Crippen molar-refractivity contribution in [2.75, 3.05) is 13.7 Å². The molecule has 0 bridgehead atoms. The highest BCUT2D eigenvalue weighted by Gasteiger charge is 2.42. The van der Waals surface area contributed by atoms with Crippen molar-refractivity contribution in [2.24, 2.45) is 5.92 Å². The first kappa shape index (κ1) is 27.2. The van der Waals surface area contributed by atoms with Gasteiger partial charge < -0.3 is 29.4 Å². The zero-order valence-corrected chi connectivity index (χ0v) is 20.6. The number of aromatic nitrogens is 1. The molecule has 1 amide bonds. The number of benzene rings is 1. The van der Waals surface area contributed by atoms with Crippen LogP contribution in [0.2, 0.25) is 0 Å². The Morgan fingerprint density at radius 3 is 2.54 bits per heavy atom. The van der Waals surface area contributed by atoms with Crippen molar-refractivity contribution in [3.05, 3.63) is 66.0 Å². The lowest BCUT2D eigenvalue weighted by atomic mass is 9.91. The molecule has 1 aliphatic heterocycles. The largest absolute Gasteiger partial charge is 0.503 e. The van der Waals surface area contributed by atoms with Crippen LogP contribution >= 0.6 is 0 Å². The molecule has 2 aromatic rings. The van der Waals surface area contributed by atoms with Crippen LogP contribution in [0.5, 0.6) is 11.5 Å². The van der Waals surface area contributed by atoms with Gasteiger partial charge in [-0.15, -0.1) is 0 Å². The summed E-state index contributed by atoms with van der Waals surface area (Å²) in [6.45, 7) is 5.92. The number of pyridine rings is 1. The quantitative estimate of drug-likeness (QED) is 0.319. The fourth-order valence-corrected chi connectivity index (χ4v) is 3.70. The summed E-state index contributed by atoms with van der Waals surface area (Å²) in [4.78, 5) is 55.1. The number of aromatic hydroxyl groups is 1. The second kappa shape index (κ2) is 12.0. The summed E-state index contributed by atoms with van der Waals surface area (Å²) in [5.41, 5.74) is 0.464. The van der Waals surface area contributed by atoms with E-state index >= 15 is 0 Å².